The minimum absolute atomic E-state index is 0.266. The van der Waals surface area contributed by atoms with Gasteiger partial charge in [0.1, 0.15) is 5.82 Å². The van der Waals surface area contributed by atoms with Crippen molar-refractivity contribution in [2.45, 2.75) is 6.92 Å². The number of thioether (sulfide) groups is 1. The van der Waals surface area contributed by atoms with Crippen molar-refractivity contribution in [3.05, 3.63) is 59.0 Å². The highest BCUT2D eigenvalue weighted by Crippen LogP contribution is 2.31. The molecular formula is C24H22FN5O2S. The minimum Gasteiger partial charge on any atom is -0.367 e. The fraction of sp³-hybridized carbons (Fsp3) is 0.250. The van der Waals surface area contributed by atoms with Crippen molar-refractivity contribution in [2.75, 3.05) is 37.6 Å². The van der Waals surface area contributed by atoms with Gasteiger partial charge < -0.3 is 9.80 Å². The number of rotatable bonds is 4. The third-order valence-electron chi connectivity index (χ3n) is 5.93. The number of likely N-dealkylation sites (N-methyl/N-ethyl adjacent to an activating group) is 1. The van der Waals surface area contributed by atoms with Crippen molar-refractivity contribution in [3.63, 3.8) is 0 Å². The van der Waals surface area contributed by atoms with Crippen molar-refractivity contribution in [3.8, 4) is 11.1 Å². The molecule has 0 unspecified atom stereocenters. The van der Waals surface area contributed by atoms with Crippen LogP contribution in [0.15, 0.2) is 47.5 Å². The number of amides is 2. The predicted molar refractivity (Wildman–Crippen MR) is 128 cm³/mol. The predicted octanol–water partition coefficient (Wildman–Crippen LogP) is 3.90. The SMILES string of the molecule is CCN1CCN(c2ccc(-c3cccc4ncc(C=C5SC(=O)NC5=O)nc34)cc2F)CC1. The Hall–Kier alpha value is -3.30. The van der Waals surface area contributed by atoms with E-state index in [0.717, 1.165) is 50.0 Å². The summed E-state index contributed by atoms with van der Waals surface area (Å²) in [4.78, 5) is 37.1. The number of benzene rings is 2. The molecule has 0 bridgehead atoms. The quantitative estimate of drug-likeness (QED) is 0.588. The summed E-state index contributed by atoms with van der Waals surface area (Å²) in [6.07, 6.45) is 3.09. The Balaban J connectivity index is 1.48. The largest absolute Gasteiger partial charge is 0.367 e. The molecule has 1 aromatic heterocycles. The van der Waals surface area contributed by atoms with Crippen LogP contribution in [0.3, 0.4) is 0 Å². The molecule has 1 N–H and O–H groups in total. The van der Waals surface area contributed by atoms with E-state index in [9.17, 15) is 9.59 Å². The second kappa shape index (κ2) is 8.92. The van der Waals surface area contributed by atoms with Crippen LogP contribution in [-0.2, 0) is 4.79 Å². The summed E-state index contributed by atoms with van der Waals surface area (Å²) in [6.45, 7) is 6.61. The van der Waals surface area contributed by atoms with Crippen molar-refractivity contribution in [2.24, 2.45) is 0 Å². The molecule has 3 aromatic rings. The van der Waals surface area contributed by atoms with Crippen LogP contribution in [0.5, 0.6) is 0 Å². The van der Waals surface area contributed by atoms with Crippen LogP contribution in [0.25, 0.3) is 28.2 Å². The molecule has 2 amide bonds. The number of halogens is 1. The molecule has 0 radical (unpaired) electrons. The molecule has 9 heteroatoms. The molecule has 0 aliphatic carbocycles. The van der Waals surface area contributed by atoms with Gasteiger partial charge in [-0.3, -0.25) is 19.9 Å². The lowest BCUT2D eigenvalue weighted by molar-refractivity contribution is -0.115. The molecule has 2 saturated heterocycles. The first-order valence-electron chi connectivity index (χ1n) is 10.8. The van der Waals surface area contributed by atoms with Gasteiger partial charge in [0.25, 0.3) is 11.1 Å². The maximum atomic E-state index is 15.1. The van der Waals surface area contributed by atoms with E-state index in [4.69, 9.17) is 0 Å². The zero-order valence-corrected chi connectivity index (χ0v) is 18.9. The summed E-state index contributed by atoms with van der Waals surface area (Å²) in [5, 5.41) is 1.82. The first-order valence-corrected chi connectivity index (χ1v) is 11.6. The lowest BCUT2D eigenvalue weighted by Gasteiger charge is -2.35. The van der Waals surface area contributed by atoms with Crippen LogP contribution in [0.2, 0.25) is 0 Å². The number of piperazine rings is 1. The molecule has 2 fully saturated rings. The lowest BCUT2D eigenvalue weighted by atomic mass is 10.0. The molecule has 2 aliphatic rings. The maximum Gasteiger partial charge on any atom is 0.290 e. The molecule has 5 rings (SSSR count). The number of fused-ring (bicyclic) bond motifs is 1. The average Bonchev–Trinajstić information content (AvgIpc) is 3.15. The summed E-state index contributed by atoms with van der Waals surface area (Å²) in [5.74, 6) is -0.712. The zero-order valence-electron chi connectivity index (χ0n) is 18.0. The van der Waals surface area contributed by atoms with Gasteiger partial charge in [0.05, 0.1) is 33.5 Å². The normalized spacial score (nSPS) is 18.4. The number of carbonyl (C=O) groups is 2. The Bertz CT molecular complexity index is 1290. The number of nitrogens with one attached hydrogen (secondary N) is 1. The number of imide groups is 1. The Morgan fingerprint density at radius 1 is 1.15 bits per heavy atom. The van der Waals surface area contributed by atoms with Gasteiger partial charge in [-0.1, -0.05) is 25.1 Å². The molecule has 2 aromatic carbocycles. The van der Waals surface area contributed by atoms with E-state index in [2.05, 4.69) is 32.0 Å². The van der Waals surface area contributed by atoms with E-state index < -0.39 is 11.1 Å². The number of para-hydroxylation sites is 1. The van der Waals surface area contributed by atoms with Crippen LogP contribution in [0, 0.1) is 5.82 Å². The number of hydrogen-bond acceptors (Lipinski definition) is 7. The molecule has 7 nitrogen and oxygen atoms in total. The Morgan fingerprint density at radius 3 is 2.67 bits per heavy atom. The fourth-order valence-corrected chi connectivity index (χ4v) is 4.81. The molecule has 2 aliphatic heterocycles. The van der Waals surface area contributed by atoms with E-state index in [0.29, 0.717) is 28.0 Å². The number of hydrogen-bond donors (Lipinski definition) is 1. The molecule has 3 heterocycles. The van der Waals surface area contributed by atoms with Crippen LogP contribution >= 0.6 is 11.8 Å². The van der Waals surface area contributed by atoms with E-state index in [1.807, 2.05) is 30.3 Å². The molecular weight excluding hydrogens is 441 g/mol. The van der Waals surface area contributed by atoms with Gasteiger partial charge in [-0.25, -0.2) is 9.37 Å². The van der Waals surface area contributed by atoms with Crippen LogP contribution < -0.4 is 10.2 Å². The van der Waals surface area contributed by atoms with Crippen molar-refractivity contribution < 1.29 is 14.0 Å². The minimum atomic E-state index is -0.447. The van der Waals surface area contributed by atoms with Crippen molar-refractivity contribution >= 4 is 45.7 Å². The Morgan fingerprint density at radius 2 is 1.97 bits per heavy atom. The van der Waals surface area contributed by atoms with Gasteiger partial charge in [0.15, 0.2) is 0 Å². The van der Waals surface area contributed by atoms with E-state index in [1.54, 1.807) is 12.3 Å². The van der Waals surface area contributed by atoms with Crippen LogP contribution in [-0.4, -0.2) is 58.7 Å². The second-order valence-corrected chi connectivity index (χ2v) is 8.92. The number of nitrogens with zero attached hydrogens (tertiary/aromatic N) is 4. The standard InChI is InChI=1S/C24H22FN5O2S/c1-2-29-8-10-30(11-9-29)20-7-6-15(12-18(20)25)17-4-3-5-19-22(17)27-16(14-26-19)13-21-23(31)28-24(32)33-21/h3-7,12-14H,2,8-11H2,1H3,(H,28,31,32). The smallest absolute Gasteiger partial charge is 0.290 e. The highest BCUT2D eigenvalue weighted by molar-refractivity contribution is 8.18. The van der Waals surface area contributed by atoms with Gasteiger partial charge in [0, 0.05) is 31.7 Å². The van der Waals surface area contributed by atoms with Crippen LogP contribution in [0.1, 0.15) is 12.6 Å². The maximum absolute atomic E-state index is 15.1. The van der Waals surface area contributed by atoms with E-state index in [1.165, 1.54) is 6.08 Å². The monoisotopic (exact) mass is 463 g/mol. The van der Waals surface area contributed by atoms with Gasteiger partial charge in [-0.05, 0) is 48.1 Å². The van der Waals surface area contributed by atoms with Gasteiger partial charge in [0.2, 0.25) is 0 Å². The molecule has 0 saturated carbocycles. The third-order valence-corrected chi connectivity index (χ3v) is 6.74. The second-order valence-electron chi connectivity index (χ2n) is 7.91. The Labute approximate surface area is 194 Å². The summed E-state index contributed by atoms with van der Waals surface area (Å²) < 4.78 is 15.1. The molecule has 33 heavy (non-hydrogen) atoms. The number of aromatic nitrogens is 2. The highest BCUT2D eigenvalue weighted by atomic mass is 32.2. The van der Waals surface area contributed by atoms with Gasteiger partial charge in [-0.15, -0.1) is 0 Å². The van der Waals surface area contributed by atoms with E-state index in [-0.39, 0.29) is 10.7 Å². The molecule has 0 atom stereocenters. The van der Waals surface area contributed by atoms with Gasteiger partial charge in [-0.2, -0.15) is 0 Å². The highest BCUT2D eigenvalue weighted by Gasteiger charge is 2.25. The van der Waals surface area contributed by atoms with Crippen LogP contribution in [0.4, 0.5) is 14.9 Å². The van der Waals surface area contributed by atoms with Crippen molar-refractivity contribution in [1.82, 2.24) is 20.2 Å². The first-order chi connectivity index (χ1) is 16.0. The summed E-state index contributed by atoms with van der Waals surface area (Å²) >= 11 is 0.830. The summed E-state index contributed by atoms with van der Waals surface area (Å²) in [7, 11) is 0. The molecule has 0 spiro atoms. The number of anilines is 1. The van der Waals surface area contributed by atoms with Gasteiger partial charge >= 0.3 is 0 Å². The van der Waals surface area contributed by atoms with Crippen molar-refractivity contribution in [1.29, 1.82) is 0 Å². The Kier molecular flexibility index (Phi) is 5.82. The lowest BCUT2D eigenvalue weighted by Crippen LogP contribution is -2.46. The molecule has 168 valence electrons. The summed E-state index contributed by atoms with van der Waals surface area (Å²) in [6, 6.07) is 10.9. The third kappa shape index (κ3) is 4.34. The average molecular weight is 464 g/mol. The topological polar surface area (TPSA) is 78.4 Å². The zero-order chi connectivity index (χ0) is 22.9. The summed E-state index contributed by atoms with van der Waals surface area (Å²) in [5.41, 5.74) is 3.78. The van der Waals surface area contributed by atoms with E-state index >= 15 is 4.39 Å². The first kappa shape index (κ1) is 21.5. The fourth-order valence-electron chi connectivity index (χ4n) is 4.14. The number of carbonyl (C=O) groups excluding carboxylic acids is 2.